The van der Waals surface area contributed by atoms with E-state index in [1.807, 2.05) is 25.2 Å². The first-order valence-corrected chi connectivity index (χ1v) is 6.12. The number of hydrogen-bond donors (Lipinski definition) is 1. The van der Waals surface area contributed by atoms with Gasteiger partial charge in [0.25, 0.3) is 0 Å². The fourth-order valence-electron chi connectivity index (χ4n) is 1.80. The number of anilines is 2. The lowest BCUT2D eigenvalue weighted by atomic mass is 10.2. The number of rotatable bonds is 8. The van der Waals surface area contributed by atoms with Crippen molar-refractivity contribution >= 4 is 11.6 Å². The molecule has 1 aromatic rings. The standard InChI is InChI=1S/C13H23N3O2/c1-11(10-18-4)16(8-9-17-3)13-7-5-6-12(14-2)15-13/h5-7,11H,8-10H2,1-4H3,(H,14,15). The highest BCUT2D eigenvalue weighted by Gasteiger charge is 2.15. The SMILES string of the molecule is CNc1cccc(N(CCOC)C(C)COC)n1. The van der Waals surface area contributed by atoms with E-state index in [2.05, 4.69) is 22.1 Å². The predicted molar refractivity (Wildman–Crippen MR) is 74.3 cm³/mol. The summed E-state index contributed by atoms with van der Waals surface area (Å²) >= 11 is 0. The third-order valence-corrected chi connectivity index (χ3v) is 2.76. The zero-order valence-electron chi connectivity index (χ0n) is 11.6. The zero-order chi connectivity index (χ0) is 13.4. The van der Waals surface area contributed by atoms with Gasteiger partial charge in [0.2, 0.25) is 0 Å². The van der Waals surface area contributed by atoms with Crippen molar-refractivity contribution in [2.45, 2.75) is 13.0 Å². The molecule has 0 fully saturated rings. The Kier molecular flexibility index (Phi) is 6.46. The molecular weight excluding hydrogens is 230 g/mol. The summed E-state index contributed by atoms with van der Waals surface area (Å²) in [5.41, 5.74) is 0. The Morgan fingerprint density at radius 2 is 2.11 bits per heavy atom. The van der Waals surface area contributed by atoms with Gasteiger partial charge < -0.3 is 19.7 Å². The van der Waals surface area contributed by atoms with Crippen LogP contribution in [0.15, 0.2) is 18.2 Å². The largest absolute Gasteiger partial charge is 0.383 e. The zero-order valence-corrected chi connectivity index (χ0v) is 11.6. The van der Waals surface area contributed by atoms with Crippen molar-refractivity contribution in [3.05, 3.63) is 18.2 Å². The minimum absolute atomic E-state index is 0.254. The topological polar surface area (TPSA) is 46.6 Å². The number of aromatic nitrogens is 1. The average Bonchev–Trinajstić information content (AvgIpc) is 2.40. The number of pyridine rings is 1. The lowest BCUT2D eigenvalue weighted by Crippen LogP contribution is -2.39. The van der Waals surface area contributed by atoms with Crippen molar-refractivity contribution in [1.29, 1.82) is 0 Å². The van der Waals surface area contributed by atoms with Gasteiger partial charge in [0.1, 0.15) is 11.6 Å². The van der Waals surface area contributed by atoms with E-state index >= 15 is 0 Å². The average molecular weight is 253 g/mol. The van der Waals surface area contributed by atoms with Crippen LogP contribution >= 0.6 is 0 Å². The van der Waals surface area contributed by atoms with E-state index in [1.54, 1.807) is 14.2 Å². The molecule has 1 N–H and O–H groups in total. The molecular formula is C13H23N3O2. The second-order valence-corrected chi connectivity index (χ2v) is 4.12. The van der Waals surface area contributed by atoms with Crippen molar-refractivity contribution < 1.29 is 9.47 Å². The molecule has 0 aliphatic heterocycles. The summed E-state index contributed by atoms with van der Waals surface area (Å²) in [7, 11) is 5.28. The van der Waals surface area contributed by atoms with Crippen molar-refractivity contribution in [1.82, 2.24) is 4.98 Å². The predicted octanol–water partition coefficient (Wildman–Crippen LogP) is 1.61. The fraction of sp³-hybridized carbons (Fsp3) is 0.615. The van der Waals surface area contributed by atoms with Gasteiger partial charge in [-0.25, -0.2) is 4.98 Å². The molecule has 0 amide bonds. The first-order valence-electron chi connectivity index (χ1n) is 6.12. The first kappa shape index (κ1) is 14.7. The molecule has 0 bridgehead atoms. The summed E-state index contributed by atoms with van der Waals surface area (Å²) in [5, 5.41) is 3.05. The van der Waals surface area contributed by atoms with Crippen LogP contribution in [0.5, 0.6) is 0 Å². The molecule has 1 aromatic heterocycles. The van der Waals surface area contributed by atoms with Gasteiger partial charge in [0.05, 0.1) is 19.3 Å². The van der Waals surface area contributed by atoms with E-state index in [4.69, 9.17) is 9.47 Å². The lowest BCUT2D eigenvalue weighted by Gasteiger charge is -2.29. The van der Waals surface area contributed by atoms with Gasteiger partial charge in [-0.3, -0.25) is 0 Å². The molecule has 0 aromatic carbocycles. The van der Waals surface area contributed by atoms with Crippen LogP contribution in [0, 0.1) is 0 Å². The normalized spacial score (nSPS) is 12.2. The Morgan fingerprint density at radius 1 is 1.33 bits per heavy atom. The van der Waals surface area contributed by atoms with Gasteiger partial charge in [0.15, 0.2) is 0 Å². The van der Waals surface area contributed by atoms with Crippen LogP contribution in [0.25, 0.3) is 0 Å². The fourth-order valence-corrected chi connectivity index (χ4v) is 1.80. The van der Waals surface area contributed by atoms with Crippen LogP contribution in [0.2, 0.25) is 0 Å². The van der Waals surface area contributed by atoms with Gasteiger partial charge in [-0.1, -0.05) is 6.07 Å². The summed E-state index contributed by atoms with van der Waals surface area (Å²) in [6.07, 6.45) is 0. The first-order chi connectivity index (χ1) is 8.72. The number of ether oxygens (including phenoxy) is 2. The molecule has 0 aliphatic rings. The maximum absolute atomic E-state index is 5.22. The van der Waals surface area contributed by atoms with Crippen LogP contribution < -0.4 is 10.2 Å². The van der Waals surface area contributed by atoms with E-state index in [-0.39, 0.29) is 6.04 Å². The quantitative estimate of drug-likeness (QED) is 0.762. The smallest absolute Gasteiger partial charge is 0.131 e. The molecule has 18 heavy (non-hydrogen) atoms. The van der Waals surface area contributed by atoms with Crippen molar-refractivity contribution in [3.63, 3.8) is 0 Å². The highest BCUT2D eigenvalue weighted by molar-refractivity contribution is 5.47. The highest BCUT2D eigenvalue weighted by atomic mass is 16.5. The minimum Gasteiger partial charge on any atom is -0.383 e. The summed E-state index contributed by atoms with van der Waals surface area (Å²) in [4.78, 5) is 6.74. The molecule has 0 aliphatic carbocycles. The molecule has 5 nitrogen and oxygen atoms in total. The van der Waals surface area contributed by atoms with E-state index < -0.39 is 0 Å². The lowest BCUT2D eigenvalue weighted by molar-refractivity contribution is 0.170. The van der Waals surface area contributed by atoms with Gasteiger partial charge >= 0.3 is 0 Å². The molecule has 1 atom stereocenters. The third kappa shape index (κ3) is 4.16. The Morgan fingerprint density at radius 3 is 2.72 bits per heavy atom. The van der Waals surface area contributed by atoms with Crippen LogP contribution in [-0.4, -0.2) is 52.1 Å². The highest BCUT2D eigenvalue weighted by Crippen LogP contribution is 2.16. The van der Waals surface area contributed by atoms with E-state index in [1.165, 1.54) is 0 Å². The second-order valence-electron chi connectivity index (χ2n) is 4.12. The number of nitrogens with zero attached hydrogens (tertiary/aromatic N) is 2. The minimum atomic E-state index is 0.254. The van der Waals surface area contributed by atoms with Gasteiger partial charge in [-0.2, -0.15) is 0 Å². The van der Waals surface area contributed by atoms with Crippen molar-refractivity contribution in [3.8, 4) is 0 Å². The van der Waals surface area contributed by atoms with Crippen LogP contribution in [0.3, 0.4) is 0 Å². The maximum Gasteiger partial charge on any atom is 0.131 e. The molecule has 0 radical (unpaired) electrons. The van der Waals surface area contributed by atoms with E-state index in [0.717, 1.165) is 18.2 Å². The van der Waals surface area contributed by atoms with E-state index in [0.29, 0.717) is 13.2 Å². The molecule has 0 saturated heterocycles. The number of nitrogens with one attached hydrogen (secondary N) is 1. The summed E-state index contributed by atoms with van der Waals surface area (Å²) in [5.74, 6) is 1.79. The molecule has 1 heterocycles. The molecule has 0 spiro atoms. The molecule has 0 saturated carbocycles. The number of hydrogen-bond acceptors (Lipinski definition) is 5. The van der Waals surface area contributed by atoms with Gasteiger partial charge in [0, 0.05) is 27.8 Å². The Labute approximate surface area is 109 Å². The van der Waals surface area contributed by atoms with Crippen molar-refractivity contribution in [2.75, 3.05) is 51.2 Å². The Hall–Kier alpha value is -1.33. The Balaban J connectivity index is 2.85. The van der Waals surface area contributed by atoms with Crippen molar-refractivity contribution in [2.24, 2.45) is 0 Å². The monoisotopic (exact) mass is 253 g/mol. The van der Waals surface area contributed by atoms with Crippen LogP contribution in [0.4, 0.5) is 11.6 Å². The Bertz CT molecular complexity index is 347. The summed E-state index contributed by atoms with van der Waals surface area (Å²) in [6, 6.07) is 6.19. The van der Waals surface area contributed by atoms with Gasteiger partial charge in [-0.05, 0) is 19.1 Å². The number of methoxy groups -OCH3 is 2. The maximum atomic E-state index is 5.22. The third-order valence-electron chi connectivity index (χ3n) is 2.76. The molecule has 5 heteroatoms. The van der Waals surface area contributed by atoms with Gasteiger partial charge in [-0.15, -0.1) is 0 Å². The van der Waals surface area contributed by atoms with Crippen LogP contribution in [0.1, 0.15) is 6.92 Å². The van der Waals surface area contributed by atoms with Crippen LogP contribution in [-0.2, 0) is 9.47 Å². The molecule has 102 valence electrons. The summed E-state index contributed by atoms with van der Waals surface area (Å²) in [6.45, 7) is 4.24. The molecule has 1 rings (SSSR count). The summed E-state index contributed by atoms with van der Waals surface area (Å²) < 4.78 is 10.4. The van der Waals surface area contributed by atoms with E-state index in [9.17, 15) is 0 Å². The second kappa shape index (κ2) is 7.89. The molecule has 1 unspecified atom stereocenters.